The highest BCUT2D eigenvalue weighted by Crippen LogP contribution is 2.35. The van der Waals surface area contributed by atoms with Gasteiger partial charge in [-0.05, 0) is 23.1 Å². The minimum Gasteiger partial charge on any atom is -0.353 e. The molecule has 4 rings (SSSR count). The molecule has 29 heavy (non-hydrogen) atoms. The first-order valence-corrected chi connectivity index (χ1v) is 9.26. The standard InChI is InChI=1S/C24H19F2NO2/c1-24(2,3)13-8-10-14(11-9-13)27-18-12-17(25)19-20(21(18)26)23(29)16-7-5-4-6-15(16)22(19)28/h4-12,27H,1-3H3. The second-order valence-electron chi connectivity index (χ2n) is 8.13. The zero-order valence-corrected chi connectivity index (χ0v) is 16.3. The van der Waals surface area contributed by atoms with Crippen LogP contribution in [0.4, 0.5) is 20.2 Å². The van der Waals surface area contributed by atoms with Crippen LogP contribution < -0.4 is 5.32 Å². The van der Waals surface area contributed by atoms with Crippen LogP contribution in [-0.2, 0) is 5.41 Å². The summed E-state index contributed by atoms with van der Waals surface area (Å²) in [6.07, 6.45) is 0. The quantitative estimate of drug-likeness (QED) is 0.471. The predicted molar refractivity (Wildman–Crippen MR) is 108 cm³/mol. The molecule has 1 N–H and O–H groups in total. The maximum Gasteiger partial charge on any atom is 0.197 e. The molecule has 0 aromatic heterocycles. The van der Waals surface area contributed by atoms with Gasteiger partial charge in [0.25, 0.3) is 0 Å². The van der Waals surface area contributed by atoms with Gasteiger partial charge in [0.1, 0.15) is 5.82 Å². The summed E-state index contributed by atoms with van der Waals surface area (Å²) in [6, 6.07) is 14.3. The Balaban J connectivity index is 1.77. The first-order chi connectivity index (χ1) is 13.7. The maximum atomic E-state index is 15.2. The van der Waals surface area contributed by atoms with Crippen molar-refractivity contribution in [2.75, 3.05) is 5.32 Å². The summed E-state index contributed by atoms with van der Waals surface area (Å²) < 4.78 is 30.0. The Morgan fingerprint density at radius 1 is 0.793 bits per heavy atom. The summed E-state index contributed by atoms with van der Waals surface area (Å²) in [4.78, 5) is 25.4. The van der Waals surface area contributed by atoms with Crippen molar-refractivity contribution in [3.63, 3.8) is 0 Å². The number of hydrogen-bond donors (Lipinski definition) is 1. The Morgan fingerprint density at radius 2 is 1.34 bits per heavy atom. The third kappa shape index (κ3) is 3.12. The molecule has 0 heterocycles. The summed E-state index contributed by atoms with van der Waals surface area (Å²) in [5.41, 5.74) is 0.537. The Kier molecular flexibility index (Phi) is 4.34. The Morgan fingerprint density at radius 3 is 1.90 bits per heavy atom. The van der Waals surface area contributed by atoms with Crippen LogP contribution in [0, 0.1) is 11.6 Å². The van der Waals surface area contributed by atoms with E-state index in [1.54, 1.807) is 24.3 Å². The van der Waals surface area contributed by atoms with Gasteiger partial charge in [0.05, 0.1) is 16.8 Å². The first-order valence-electron chi connectivity index (χ1n) is 9.26. The molecular weight excluding hydrogens is 372 g/mol. The third-order valence-corrected chi connectivity index (χ3v) is 5.12. The fourth-order valence-electron chi connectivity index (χ4n) is 3.51. The van der Waals surface area contributed by atoms with Crippen molar-refractivity contribution in [3.05, 3.63) is 94.0 Å². The Hall–Kier alpha value is -3.34. The summed E-state index contributed by atoms with van der Waals surface area (Å²) in [5, 5.41) is 2.82. The van der Waals surface area contributed by atoms with E-state index in [2.05, 4.69) is 26.1 Å². The van der Waals surface area contributed by atoms with Gasteiger partial charge in [-0.25, -0.2) is 8.78 Å². The lowest BCUT2D eigenvalue weighted by molar-refractivity contribution is 0.0972. The molecule has 5 heteroatoms. The average Bonchev–Trinajstić information content (AvgIpc) is 2.68. The van der Waals surface area contributed by atoms with Gasteiger partial charge in [-0.2, -0.15) is 0 Å². The van der Waals surface area contributed by atoms with Gasteiger partial charge in [0.15, 0.2) is 17.4 Å². The number of carbonyl (C=O) groups excluding carboxylic acids is 2. The van der Waals surface area contributed by atoms with Gasteiger partial charge in [0, 0.05) is 22.9 Å². The molecule has 0 saturated carbocycles. The normalized spacial score (nSPS) is 13.1. The number of anilines is 2. The molecule has 3 aromatic carbocycles. The minimum absolute atomic E-state index is 0.0398. The fraction of sp³-hybridized carbons (Fsp3) is 0.167. The molecule has 0 bridgehead atoms. The van der Waals surface area contributed by atoms with Crippen molar-refractivity contribution in [3.8, 4) is 0 Å². The van der Waals surface area contributed by atoms with Gasteiger partial charge >= 0.3 is 0 Å². The molecule has 3 aromatic rings. The summed E-state index contributed by atoms with van der Waals surface area (Å²) in [7, 11) is 0. The topological polar surface area (TPSA) is 46.2 Å². The number of hydrogen-bond acceptors (Lipinski definition) is 3. The Labute approximate surface area is 167 Å². The SMILES string of the molecule is CC(C)(C)c1ccc(Nc2cc(F)c3c(c2F)C(=O)c2ccccc2C3=O)cc1. The van der Waals surface area contributed by atoms with Crippen LogP contribution in [0.3, 0.4) is 0 Å². The largest absolute Gasteiger partial charge is 0.353 e. The number of fused-ring (bicyclic) bond motifs is 2. The third-order valence-electron chi connectivity index (χ3n) is 5.12. The van der Waals surface area contributed by atoms with Crippen LogP contribution in [0.15, 0.2) is 54.6 Å². The number of rotatable bonds is 2. The molecule has 0 spiro atoms. The van der Waals surface area contributed by atoms with Crippen LogP contribution in [0.25, 0.3) is 0 Å². The van der Waals surface area contributed by atoms with Crippen molar-refractivity contribution < 1.29 is 18.4 Å². The summed E-state index contributed by atoms with van der Waals surface area (Å²) in [5.74, 6) is -3.25. The molecule has 0 unspecified atom stereocenters. The maximum absolute atomic E-state index is 15.2. The van der Waals surface area contributed by atoms with Gasteiger partial charge in [-0.3, -0.25) is 9.59 Å². The fourth-order valence-corrected chi connectivity index (χ4v) is 3.51. The van der Waals surface area contributed by atoms with E-state index >= 15 is 4.39 Å². The van der Waals surface area contributed by atoms with Crippen LogP contribution in [0.5, 0.6) is 0 Å². The van der Waals surface area contributed by atoms with Gasteiger partial charge in [0.2, 0.25) is 0 Å². The molecule has 0 atom stereocenters. The van der Waals surface area contributed by atoms with Gasteiger partial charge < -0.3 is 5.32 Å². The van der Waals surface area contributed by atoms with Crippen LogP contribution >= 0.6 is 0 Å². The molecule has 0 fully saturated rings. The van der Waals surface area contributed by atoms with E-state index in [0.29, 0.717) is 5.69 Å². The van der Waals surface area contributed by atoms with E-state index in [1.807, 2.05) is 12.1 Å². The molecule has 0 amide bonds. The second-order valence-corrected chi connectivity index (χ2v) is 8.13. The van der Waals surface area contributed by atoms with E-state index in [0.717, 1.165) is 11.6 Å². The van der Waals surface area contributed by atoms with Crippen LogP contribution in [0.2, 0.25) is 0 Å². The van der Waals surface area contributed by atoms with Crippen LogP contribution in [0.1, 0.15) is 58.2 Å². The van der Waals surface area contributed by atoms with Crippen LogP contribution in [-0.4, -0.2) is 11.6 Å². The summed E-state index contributed by atoms with van der Waals surface area (Å²) in [6.45, 7) is 6.23. The number of ketones is 2. The number of nitrogens with one attached hydrogen (secondary N) is 1. The monoisotopic (exact) mass is 391 g/mol. The molecule has 0 radical (unpaired) electrons. The lowest BCUT2D eigenvalue weighted by atomic mass is 9.83. The average molecular weight is 391 g/mol. The minimum atomic E-state index is -0.936. The summed E-state index contributed by atoms with van der Waals surface area (Å²) >= 11 is 0. The number of benzene rings is 3. The van der Waals surface area contributed by atoms with Gasteiger partial charge in [-0.15, -0.1) is 0 Å². The molecule has 1 aliphatic carbocycles. The van der Waals surface area contributed by atoms with E-state index in [1.165, 1.54) is 12.1 Å². The van der Waals surface area contributed by atoms with Crippen molar-refractivity contribution in [2.45, 2.75) is 26.2 Å². The molecule has 1 aliphatic rings. The molecule has 146 valence electrons. The lowest BCUT2D eigenvalue weighted by Gasteiger charge is -2.21. The lowest BCUT2D eigenvalue weighted by Crippen LogP contribution is -2.24. The van der Waals surface area contributed by atoms with E-state index < -0.39 is 34.3 Å². The van der Waals surface area contributed by atoms with E-state index in [-0.39, 0.29) is 22.2 Å². The zero-order valence-electron chi connectivity index (χ0n) is 16.3. The van der Waals surface area contributed by atoms with E-state index in [9.17, 15) is 14.0 Å². The van der Waals surface area contributed by atoms with Gasteiger partial charge in [-0.1, -0.05) is 57.2 Å². The molecule has 3 nitrogen and oxygen atoms in total. The Bertz CT molecular complexity index is 1160. The number of carbonyl (C=O) groups is 2. The van der Waals surface area contributed by atoms with E-state index in [4.69, 9.17) is 0 Å². The molecular formula is C24H19F2NO2. The highest BCUT2D eigenvalue weighted by molar-refractivity contribution is 6.28. The second kappa shape index (κ2) is 6.62. The van der Waals surface area contributed by atoms with Crippen molar-refractivity contribution >= 4 is 22.9 Å². The molecule has 0 aliphatic heterocycles. The highest BCUT2D eigenvalue weighted by Gasteiger charge is 2.35. The molecule has 0 saturated heterocycles. The first kappa shape index (κ1) is 19.0. The highest BCUT2D eigenvalue weighted by atomic mass is 19.1. The smallest absolute Gasteiger partial charge is 0.197 e. The number of halogens is 2. The van der Waals surface area contributed by atoms with Crippen molar-refractivity contribution in [1.82, 2.24) is 0 Å². The van der Waals surface area contributed by atoms with Crippen molar-refractivity contribution in [1.29, 1.82) is 0 Å². The van der Waals surface area contributed by atoms with Crippen molar-refractivity contribution in [2.24, 2.45) is 0 Å². The predicted octanol–water partition coefficient (Wildman–Crippen LogP) is 5.78. The zero-order chi connectivity index (χ0) is 20.9.